The van der Waals surface area contributed by atoms with Crippen LogP contribution in [0.3, 0.4) is 0 Å². The molecule has 0 aliphatic heterocycles. The number of aryl methyl sites for hydroxylation is 1. The summed E-state index contributed by atoms with van der Waals surface area (Å²) >= 11 is 12.5. The van der Waals surface area contributed by atoms with E-state index in [0.717, 1.165) is 18.5 Å². The Labute approximate surface area is 122 Å². The fourth-order valence-corrected chi connectivity index (χ4v) is 2.64. The Hall–Kier alpha value is -1.19. The van der Waals surface area contributed by atoms with Crippen LogP contribution in [0.5, 0.6) is 11.5 Å². The molecule has 0 aliphatic rings. The average molecular weight is 300 g/mol. The number of rotatable bonds is 4. The summed E-state index contributed by atoms with van der Waals surface area (Å²) in [6, 6.07) is 3.55. The Bertz CT molecular complexity index is 614. The zero-order chi connectivity index (χ0) is 14.0. The smallest absolute Gasteiger partial charge is 0.148 e. The van der Waals surface area contributed by atoms with Crippen molar-refractivity contribution >= 4 is 34.1 Å². The molecule has 0 spiro atoms. The van der Waals surface area contributed by atoms with E-state index in [9.17, 15) is 0 Å². The summed E-state index contributed by atoms with van der Waals surface area (Å²) < 4.78 is 10.7. The molecule has 3 nitrogen and oxygen atoms in total. The van der Waals surface area contributed by atoms with Crippen molar-refractivity contribution in [2.75, 3.05) is 14.2 Å². The van der Waals surface area contributed by atoms with Gasteiger partial charge in [-0.05, 0) is 12.5 Å². The van der Waals surface area contributed by atoms with Crippen LogP contribution in [0.2, 0.25) is 10.0 Å². The predicted molar refractivity (Wildman–Crippen MR) is 78.9 cm³/mol. The lowest BCUT2D eigenvalue weighted by Crippen LogP contribution is -1.97. The molecule has 0 amide bonds. The van der Waals surface area contributed by atoms with Crippen molar-refractivity contribution in [2.45, 2.75) is 19.8 Å². The van der Waals surface area contributed by atoms with Crippen molar-refractivity contribution in [1.29, 1.82) is 0 Å². The molecule has 1 aromatic carbocycles. The van der Waals surface area contributed by atoms with Crippen molar-refractivity contribution in [3.63, 3.8) is 0 Å². The number of hydrogen-bond donors (Lipinski definition) is 0. The summed E-state index contributed by atoms with van der Waals surface area (Å²) in [5, 5.41) is 1.72. The molecular weight excluding hydrogens is 285 g/mol. The van der Waals surface area contributed by atoms with E-state index >= 15 is 0 Å². The third kappa shape index (κ3) is 2.58. The summed E-state index contributed by atoms with van der Waals surface area (Å²) in [4.78, 5) is 4.60. The molecule has 0 bridgehead atoms. The number of aromatic nitrogens is 1. The first-order valence-corrected chi connectivity index (χ1v) is 6.77. The highest BCUT2D eigenvalue weighted by atomic mass is 35.5. The number of hydrogen-bond acceptors (Lipinski definition) is 3. The molecule has 2 rings (SSSR count). The molecule has 2 aromatic rings. The maximum Gasteiger partial charge on any atom is 0.148 e. The maximum absolute atomic E-state index is 6.35. The number of methoxy groups -OCH3 is 2. The van der Waals surface area contributed by atoms with Gasteiger partial charge in [0.1, 0.15) is 17.0 Å². The van der Waals surface area contributed by atoms with E-state index in [1.165, 1.54) is 0 Å². The highest BCUT2D eigenvalue weighted by Gasteiger charge is 2.17. The van der Waals surface area contributed by atoms with E-state index in [1.807, 2.05) is 6.07 Å². The molecule has 0 saturated carbocycles. The number of ether oxygens (including phenoxy) is 2. The van der Waals surface area contributed by atoms with Crippen LogP contribution >= 0.6 is 23.2 Å². The van der Waals surface area contributed by atoms with E-state index in [-0.39, 0.29) is 0 Å². The van der Waals surface area contributed by atoms with Crippen LogP contribution in [-0.2, 0) is 6.42 Å². The maximum atomic E-state index is 6.35. The van der Waals surface area contributed by atoms with Gasteiger partial charge in [-0.1, -0.05) is 36.5 Å². The van der Waals surface area contributed by atoms with E-state index in [4.69, 9.17) is 32.7 Å². The number of pyridine rings is 1. The normalized spacial score (nSPS) is 10.8. The van der Waals surface area contributed by atoms with Crippen LogP contribution in [0.1, 0.15) is 19.0 Å². The monoisotopic (exact) mass is 299 g/mol. The minimum absolute atomic E-state index is 0.457. The van der Waals surface area contributed by atoms with Gasteiger partial charge in [-0.15, -0.1) is 0 Å². The van der Waals surface area contributed by atoms with Gasteiger partial charge < -0.3 is 9.47 Å². The van der Waals surface area contributed by atoms with Crippen molar-refractivity contribution in [2.24, 2.45) is 0 Å². The second kappa shape index (κ2) is 5.85. The minimum atomic E-state index is 0.457. The summed E-state index contributed by atoms with van der Waals surface area (Å²) in [6.07, 6.45) is 1.87. The number of halogens is 2. The molecule has 0 saturated heterocycles. The predicted octanol–water partition coefficient (Wildman–Crippen LogP) is 4.51. The van der Waals surface area contributed by atoms with E-state index < -0.39 is 0 Å². The molecule has 0 atom stereocenters. The van der Waals surface area contributed by atoms with Crippen LogP contribution in [0.4, 0.5) is 0 Å². The van der Waals surface area contributed by atoms with Crippen LogP contribution in [0.25, 0.3) is 10.9 Å². The van der Waals surface area contributed by atoms with Crippen LogP contribution in [-0.4, -0.2) is 19.2 Å². The molecule has 5 heteroatoms. The van der Waals surface area contributed by atoms with Gasteiger partial charge in [0.15, 0.2) is 0 Å². The van der Waals surface area contributed by atoms with Crippen LogP contribution in [0, 0.1) is 0 Å². The Balaban J connectivity index is 2.83. The van der Waals surface area contributed by atoms with Crippen LogP contribution < -0.4 is 9.47 Å². The standard InChI is InChI=1S/C14H15Cl2NO2/c1-4-5-8-6-9(15)12-13(17-8)11(18-2)7-10(16)14(12)19-3/h6-7H,4-5H2,1-3H3. The lowest BCUT2D eigenvalue weighted by Gasteiger charge is -2.13. The lowest BCUT2D eigenvalue weighted by molar-refractivity contribution is 0.410. The molecule has 19 heavy (non-hydrogen) atoms. The molecule has 1 heterocycles. The van der Waals surface area contributed by atoms with Crippen LogP contribution in [0.15, 0.2) is 12.1 Å². The van der Waals surface area contributed by atoms with E-state index in [1.54, 1.807) is 20.3 Å². The fourth-order valence-electron chi connectivity index (χ4n) is 2.07. The molecule has 0 radical (unpaired) electrons. The van der Waals surface area contributed by atoms with Crippen molar-refractivity contribution in [1.82, 2.24) is 4.98 Å². The first-order valence-electron chi connectivity index (χ1n) is 6.02. The highest BCUT2D eigenvalue weighted by Crippen LogP contribution is 2.42. The summed E-state index contributed by atoms with van der Waals surface area (Å²) in [6.45, 7) is 2.10. The second-order valence-electron chi connectivity index (χ2n) is 4.16. The van der Waals surface area contributed by atoms with Crippen molar-refractivity contribution in [3.05, 3.63) is 27.9 Å². The molecule has 102 valence electrons. The van der Waals surface area contributed by atoms with Gasteiger partial charge in [-0.3, -0.25) is 0 Å². The molecule has 0 aliphatic carbocycles. The van der Waals surface area contributed by atoms with E-state index in [0.29, 0.717) is 32.4 Å². The third-order valence-corrected chi connectivity index (χ3v) is 3.47. The van der Waals surface area contributed by atoms with Gasteiger partial charge in [0.2, 0.25) is 0 Å². The van der Waals surface area contributed by atoms with Crippen molar-refractivity contribution < 1.29 is 9.47 Å². The summed E-state index contributed by atoms with van der Waals surface area (Å²) in [5.41, 5.74) is 1.61. The SMILES string of the molecule is CCCc1cc(Cl)c2c(OC)c(Cl)cc(OC)c2n1. The molecular formula is C14H15Cl2NO2. The highest BCUT2D eigenvalue weighted by molar-refractivity contribution is 6.38. The first kappa shape index (κ1) is 14.2. The van der Waals surface area contributed by atoms with Gasteiger partial charge in [0.25, 0.3) is 0 Å². The first-order chi connectivity index (χ1) is 9.12. The zero-order valence-corrected chi connectivity index (χ0v) is 12.6. The summed E-state index contributed by atoms with van der Waals surface area (Å²) in [7, 11) is 3.14. The van der Waals surface area contributed by atoms with Gasteiger partial charge >= 0.3 is 0 Å². The zero-order valence-electron chi connectivity index (χ0n) is 11.1. The summed E-state index contributed by atoms with van der Waals surface area (Å²) in [5.74, 6) is 1.12. The van der Waals surface area contributed by atoms with E-state index in [2.05, 4.69) is 11.9 Å². The lowest BCUT2D eigenvalue weighted by atomic mass is 10.1. The Morgan fingerprint density at radius 3 is 2.42 bits per heavy atom. The average Bonchev–Trinajstić information content (AvgIpc) is 2.39. The van der Waals surface area contributed by atoms with Gasteiger partial charge in [0, 0.05) is 11.8 Å². The number of fused-ring (bicyclic) bond motifs is 1. The Morgan fingerprint density at radius 1 is 1.11 bits per heavy atom. The Kier molecular flexibility index (Phi) is 4.38. The fraction of sp³-hybridized carbons (Fsp3) is 0.357. The largest absolute Gasteiger partial charge is 0.494 e. The number of nitrogens with zero attached hydrogens (tertiary/aromatic N) is 1. The molecule has 1 aromatic heterocycles. The van der Waals surface area contributed by atoms with Gasteiger partial charge in [0.05, 0.1) is 29.7 Å². The Morgan fingerprint density at radius 2 is 1.84 bits per heavy atom. The second-order valence-corrected chi connectivity index (χ2v) is 4.98. The molecule has 0 unspecified atom stereocenters. The number of benzene rings is 1. The van der Waals surface area contributed by atoms with Gasteiger partial charge in [-0.2, -0.15) is 0 Å². The molecule has 0 N–H and O–H groups in total. The third-order valence-electron chi connectivity index (χ3n) is 2.89. The minimum Gasteiger partial charge on any atom is -0.494 e. The van der Waals surface area contributed by atoms with Gasteiger partial charge in [-0.25, -0.2) is 4.98 Å². The topological polar surface area (TPSA) is 31.4 Å². The molecule has 0 fully saturated rings. The van der Waals surface area contributed by atoms with Crippen molar-refractivity contribution in [3.8, 4) is 11.5 Å². The quantitative estimate of drug-likeness (QED) is 0.832.